The van der Waals surface area contributed by atoms with Crippen LogP contribution in [-0.4, -0.2) is 86.9 Å². The molecule has 2 fully saturated rings. The molecule has 21 heteroatoms. The number of hydrogen-bond acceptors (Lipinski definition) is 16. The van der Waals surface area contributed by atoms with Crippen LogP contribution in [0, 0.1) is 0 Å². The summed E-state index contributed by atoms with van der Waals surface area (Å²) in [5.41, 5.74) is 7.56. The summed E-state index contributed by atoms with van der Waals surface area (Å²) in [6.07, 6.45) is -1.64. The molecule has 2 aliphatic heterocycles. The number of aromatic nitrogens is 8. The number of ether oxygens (including phenoxy) is 2. The minimum Gasteiger partial charge on any atom is -0.691 e. The molecule has 0 amide bonds. The molecule has 2 aliphatic rings. The number of rotatable bonds is 8. The van der Waals surface area contributed by atoms with Crippen LogP contribution in [0.5, 0.6) is 0 Å². The molecular formula is C20H24N10O8PS2-. The average molecular weight is 628 g/mol. The van der Waals surface area contributed by atoms with Crippen LogP contribution in [0.3, 0.4) is 0 Å². The Bertz CT molecular complexity index is 1780. The fourth-order valence-electron chi connectivity index (χ4n) is 4.85. The predicted octanol–water partition coefficient (Wildman–Crippen LogP) is -1.48. The van der Waals surface area contributed by atoms with E-state index in [1.165, 1.54) is 21.8 Å². The number of H-pyrrole nitrogens is 2. The molecule has 0 radical (unpaired) electrons. The number of aliphatic hydroxyl groups is 2. The van der Waals surface area contributed by atoms with Gasteiger partial charge in [0.05, 0.1) is 43.8 Å². The zero-order valence-electron chi connectivity index (χ0n) is 20.9. The summed E-state index contributed by atoms with van der Waals surface area (Å²) < 4.78 is 26.6. The van der Waals surface area contributed by atoms with Crippen LogP contribution < -0.4 is 22.6 Å². The van der Waals surface area contributed by atoms with Crippen molar-refractivity contribution in [3.05, 3.63) is 33.4 Å². The SMILES string of the molecule is Nc1nc2c(ncn2[C@H]2C[C@H](OP(=S)([S-])OC[C@H]3O[C@@H](n4cnc5c(=O)[nH]c(N)nc54)C[C@@H]3O)[C@@H](CO)O2)c(=O)[nH]1. The Balaban J connectivity index is 1.11. The molecule has 8 N–H and O–H groups in total. The van der Waals surface area contributed by atoms with Gasteiger partial charge in [0.25, 0.3) is 11.1 Å². The molecule has 4 aromatic rings. The monoisotopic (exact) mass is 627 g/mol. The van der Waals surface area contributed by atoms with E-state index in [2.05, 4.69) is 29.9 Å². The van der Waals surface area contributed by atoms with Crippen molar-refractivity contribution in [2.45, 2.75) is 49.7 Å². The number of aromatic amines is 2. The molecular weight excluding hydrogens is 603 g/mol. The molecule has 0 saturated carbocycles. The lowest BCUT2D eigenvalue weighted by Crippen LogP contribution is -2.29. The molecule has 1 unspecified atom stereocenters. The number of hydrogen-bond donors (Lipinski definition) is 6. The van der Waals surface area contributed by atoms with E-state index in [4.69, 9.17) is 54.0 Å². The van der Waals surface area contributed by atoms with Crippen molar-refractivity contribution in [2.75, 3.05) is 24.7 Å². The van der Waals surface area contributed by atoms with Gasteiger partial charge in [0.15, 0.2) is 22.3 Å². The third-order valence-corrected chi connectivity index (χ3v) is 8.89. The minimum absolute atomic E-state index is 0.0765. The van der Waals surface area contributed by atoms with Gasteiger partial charge >= 0.3 is 0 Å². The van der Waals surface area contributed by atoms with Crippen molar-refractivity contribution in [1.29, 1.82) is 0 Å². The summed E-state index contributed by atoms with van der Waals surface area (Å²) in [5, 5.41) is 20.5. The van der Waals surface area contributed by atoms with Gasteiger partial charge in [0, 0.05) is 12.8 Å². The van der Waals surface area contributed by atoms with Gasteiger partial charge in [-0.15, -0.1) is 0 Å². The van der Waals surface area contributed by atoms with Gasteiger partial charge < -0.3 is 52.5 Å². The summed E-state index contributed by atoms with van der Waals surface area (Å²) in [4.78, 5) is 45.3. The van der Waals surface area contributed by atoms with Crippen LogP contribution in [0.2, 0.25) is 0 Å². The van der Waals surface area contributed by atoms with Crippen molar-refractivity contribution >= 4 is 64.0 Å². The Morgan fingerprint density at radius 3 is 2.12 bits per heavy atom. The molecule has 220 valence electrons. The average Bonchev–Trinajstić information content (AvgIpc) is 3.67. The van der Waals surface area contributed by atoms with Crippen LogP contribution >= 0.6 is 5.69 Å². The third kappa shape index (κ3) is 5.38. The van der Waals surface area contributed by atoms with E-state index in [0.29, 0.717) is 0 Å². The Morgan fingerprint density at radius 2 is 1.56 bits per heavy atom. The molecule has 0 aliphatic carbocycles. The van der Waals surface area contributed by atoms with E-state index in [1.807, 2.05) is 0 Å². The van der Waals surface area contributed by atoms with E-state index in [9.17, 15) is 19.8 Å². The maximum absolute atomic E-state index is 12.1. The van der Waals surface area contributed by atoms with Crippen molar-refractivity contribution in [3.8, 4) is 0 Å². The van der Waals surface area contributed by atoms with Gasteiger partial charge in [0.1, 0.15) is 24.7 Å². The highest BCUT2D eigenvalue weighted by Crippen LogP contribution is 2.51. The standard InChI is InChI=1S/C20H25N10O8PS2/c21-19-25-15-13(17(33)27-19)23-5-29(15)11-1-7(32)10(37-11)4-35-39(40,41)38-8-2-12(36-9(8)3-31)30-6-24-14-16(30)26-20(22)28-18(14)34/h5-12,31-32H,1-4H2,(H,40,41)(H3,21,25,27,33)(H3,22,26,28,34)/p-1/t7-,8-,9+,10+,11+,12+/m0/s1. The smallest absolute Gasteiger partial charge is 0.280 e. The zero-order chi connectivity index (χ0) is 29.1. The summed E-state index contributed by atoms with van der Waals surface area (Å²) in [6.45, 7) is -0.582. The Morgan fingerprint density at radius 1 is 1.02 bits per heavy atom. The molecule has 18 nitrogen and oxygen atoms in total. The topological polar surface area (TPSA) is 257 Å². The molecule has 2 saturated heterocycles. The lowest BCUT2D eigenvalue weighted by molar-refractivity contribution is -0.0458. The summed E-state index contributed by atoms with van der Waals surface area (Å²) in [5.74, 6) is -0.168. The molecule has 6 rings (SSSR count). The van der Waals surface area contributed by atoms with Gasteiger partial charge in [-0.1, -0.05) is 11.8 Å². The van der Waals surface area contributed by atoms with Gasteiger partial charge in [-0.3, -0.25) is 28.7 Å². The summed E-state index contributed by atoms with van der Waals surface area (Å²) in [6, 6.07) is 0. The molecule has 6 heterocycles. The second-order valence-electron chi connectivity index (χ2n) is 9.42. The second-order valence-corrected chi connectivity index (χ2v) is 14.4. The van der Waals surface area contributed by atoms with Gasteiger partial charge in [-0.25, -0.2) is 9.97 Å². The minimum atomic E-state index is -3.34. The van der Waals surface area contributed by atoms with E-state index in [1.54, 1.807) is 0 Å². The molecule has 4 aromatic heterocycles. The van der Waals surface area contributed by atoms with Crippen molar-refractivity contribution < 1.29 is 28.7 Å². The highest BCUT2D eigenvalue weighted by Gasteiger charge is 2.40. The number of anilines is 2. The van der Waals surface area contributed by atoms with Crippen molar-refractivity contribution in [2.24, 2.45) is 0 Å². The van der Waals surface area contributed by atoms with E-state index in [0.717, 1.165) is 0 Å². The maximum atomic E-state index is 12.1. The van der Waals surface area contributed by atoms with Crippen LogP contribution in [-0.2, 0) is 42.6 Å². The largest absolute Gasteiger partial charge is 0.691 e. The molecule has 0 spiro atoms. The summed E-state index contributed by atoms with van der Waals surface area (Å²) in [7, 11) is 0. The number of nitrogens with two attached hydrogens (primary N) is 2. The van der Waals surface area contributed by atoms with Gasteiger partial charge in [-0.05, 0) is 0 Å². The van der Waals surface area contributed by atoms with Crippen LogP contribution in [0.25, 0.3) is 22.3 Å². The Labute approximate surface area is 239 Å². The molecule has 0 aromatic carbocycles. The zero-order valence-corrected chi connectivity index (χ0v) is 23.4. The predicted molar refractivity (Wildman–Crippen MR) is 148 cm³/mol. The first-order valence-corrected chi connectivity index (χ1v) is 15.9. The lowest BCUT2D eigenvalue weighted by atomic mass is 10.2. The van der Waals surface area contributed by atoms with Gasteiger partial charge in [0.2, 0.25) is 11.9 Å². The van der Waals surface area contributed by atoms with E-state index >= 15 is 0 Å². The number of nitrogens with one attached hydrogen (secondary N) is 2. The maximum Gasteiger partial charge on any atom is 0.280 e. The fraction of sp³-hybridized carbons (Fsp3) is 0.500. The molecule has 0 bridgehead atoms. The van der Waals surface area contributed by atoms with Gasteiger partial charge in [-0.2, -0.15) is 9.97 Å². The van der Waals surface area contributed by atoms with Crippen molar-refractivity contribution in [3.63, 3.8) is 0 Å². The quantitative estimate of drug-likeness (QED) is 0.0961. The molecule has 7 atom stereocenters. The Kier molecular flexibility index (Phi) is 7.37. The first-order valence-electron chi connectivity index (χ1n) is 12.2. The Hall–Kier alpha value is -2.94. The fourth-order valence-corrected chi connectivity index (χ4v) is 6.82. The van der Waals surface area contributed by atoms with Crippen LogP contribution in [0.15, 0.2) is 22.2 Å². The van der Waals surface area contributed by atoms with Crippen LogP contribution in [0.1, 0.15) is 25.3 Å². The first-order chi connectivity index (χ1) is 19.5. The first kappa shape index (κ1) is 28.2. The molecule has 41 heavy (non-hydrogen) atoms. The van der Waals surface area contributed by atoms with Crippen molar-refractivity contribution in [1.82, 2.24) is 39.0 Å². The lowest BCUT2D eigenvalue weighted by Gasteiger charge is -2.33. The number of aliphatic hydroxyl groups excluding tert-OH is 2. The third-order valence-electron chi connectivity index (χ3n) is 6.75. The second kappa shape index (κ2) is 10.7. The number of imidazole rings is 2. The highest BCUT2D eigenvalue weighted by molar-refractivity contribution is 8.51. The number of fused-ring (bicyclic) bond motifs is 2. The summed E-state index contributed by atoms with van der Waals surface area (Å²) >= 11 is 10.9. The highest BCUT2D eigenvalue weighted by atomic mass is 32.9. The van der Waals surface area contributed by atoms with E-state index in [-0.39, 0.29) is 53.7 Å². The van der Waals surface area contributed by atoms with E-state index < -0.39 is 60.3 Å². The normalized spacial score (nSPS) is 28.1. The van der Waals surface area contributed by atoms with Crippen LogP contribution in [0.4, 0.5) is 11.9 Å². The number of nitrogens with zero attached hydrogens (tertiary/aromatic N) is 6. The number of nitrogen functional groups attached to an aromatic ring is 2.